The quantitative estimate of drug-likeness (QED) is 0.581. The normalized spacial score (nSPS) is 12.1. The van der Waals surface area contributed by atoms with E-state index in [0.717, 1.165) is 5.56 Å². The van der Waals surface area contributed by atoms with Gasteiger partial charge in [0.2, 0.25) is 5.91 Å². The van der Waals surface area contributed by atoms with E-state index in [4.69, 9.17) is 10.5 Å². The minimum atomic E-state index is -1.42. The summed E-state index contributed by atoms with van der Waals surface area (Å²) in [5, 5.41) is 2.62. The lowest BCUT2D eigenvalue weighted by molar-refractivity contribution is -0.118. The highest BCUT2D eigenvalue weighted by molar-refractivity contribution is 7.86. The Labute approximate surface area is 109 Å². The molecule has 0 radical (unpaired) electrons. The maximum absolute atomic E-state index is 12.0. The van der Waals surface area contributed by atoms with Gasteiger partial charge in [-0.15, -0.1) is 0 Å². The first-order valence-electron chi connectivity index (χ1n) is 5.54. The Hall–Kier alpha value is -1.40. The van der Waals surface area contributed by atoms with Crippen molar-refractivity contribution in [3.63, 3.8) is 0 Å². The van der Waals surface area contributed by atoms with E-state index < -0.39 is 10.8 Å². The van der Waals surface area contributed by atoms with Gasteiger partial charge in [-0.25, -0.2) is 0 Å². The van der Waals surface area contributed by atoms with Crippen molar-refractivity contribution in [1.29, 1.82) is 0 Å². The minimum Gasteiger partial charge on any atom is -0.398 e. The van der Waals surface area contributed by atoms with Crippen LogP contribution in [-0.4, -0.2) is 36.1 Å². The fourth-order valence-electron chi connectivity index (χ4n) is 1.42. The Morgan fingerprint density at radius 2 is 2.22 bits per heavy atom. The van der Waals surface area contributed by atoms with Crippen LogP contribution in [0.5, 0.6) is 0 Å². The van der Waals surface area contributed by atoms with Crippen LogP contribution in [0.25, 0.3) is 0 Å². The standard InChI is InChI=1S/C12H18N2O3S/c1-9-3-4-11(10(13)7-9)18(16)8-12(15)14-5-6-17-2/h3-4,7H,5-6,8,13H2,1-2H3,(H,14,15). The van der Waals surface area contributed by atoms with Gasteiger partial charge < -0.3 is 15.8 Å². The maximum atomic E-state index is 12.0. The van der Waals surface area contributed by atoms with Gasteiger partial charge in [0.15, 0.2) is 0 Å². The maximum Gasteiger partial charge on any atom is 0.233 e. The van der Waals surface area contributed by atoms with Crippen molar-refractivity contribution in [3.8, 4) is 0 Å². The zero-order valence-electron chi connectivity index (χ0n) is 10.6. The van der Waals surface area contributed by atoms with Crippen LogP contribution in [0.3, 0.4) is 0 Å². The van der Waals surface area contributed by atoms with Crippen LogP contribution in [0.2, 0.25) is 0 Å². The van der Waals surface area contributed by atoms with Crippen molar-refractivity contribution in [3.05, 3.63) is 23.8 Å². The monoisotopic (exact) mass is 270 g/mol. The van der Waals surface area contributed by atoms with Crippen LogP contribution in [0.4, 0.5) is 5.69 Å². The third-order valence-electron chi connectivity index (χ3n) is 2.30. The Balaban J connectivity index is 2.57. The lowest BCUT2D eigenvalue weighted by atomic mass is 10.2. The van der Waals surface area contributed by atoms with Crippen molar-refractivity contribution in [2.24, 2.45) is 0 Å². The molecule has 6 heteroatoms. The molecule has 3 N–H and O–H groups in total. The highest BCUT2D eigenvalue weighted by Crippen LogP contribution is 2.17. The second-order valence-electron chi connectivity index (χ2n) is 3.87. The molecular formula is C12H18N2O3S. The van der Waals surface area contributed by atoms with E-state index in [2.05, 4.69) is 5.32 Å². The SMILES string of the molecule is COCCNC(=O)CS(=O)c1ccc(C)cc1N. The van der Waals surface area contributed by atoms with Crippen LogP contribution < -0.4 is 11.1 Å². The molecule has 1 unspecified atom stereocenters. The Morgan fingerprint density at radius 1 is 1.50 bits per heavy atom. The summed E-state index contributed by atoms with van der Waals surface area (Å²) in [6.45, 7) is 2.75. The molecule has 100 valence electrons. The Bertz CT molecular complexity index is 449. The summed E-state index contributed by atoms with van der Waals surface area (Å²) in [6, 6.07) is 5.27. The van der Waals surface area contributed by atoms with Crippen molar-refractivity contribution in [2.45, 2.75) is 11.8 Å². The summed E-state index contributed by atoms with van der Waals surface area (Å²) in [7, 11) is 0.136. The third kappa shape index (κ3) is 4.46. The number of aryl methyl sites for hydroxylation is 1. The van der Waals surface area contributed by atoms with Crippen LogP contribution >= 0.6 is 0 Å². The van der Waals surface area contributed by atoms with Gasteiger partial charge in [-0.2, -0.15) is 0 Å². The highest BCUT2D eigenvalue weighted by Gasteiger charge is 2.12. The molecule has 0 aliphatic rings. The van der Waals surface area contributed by atoms with Crippen molar-refractivity contribution >= 4 is 22.4 Å². The molecule has 0 saturated heterocycles. The Kier molecular flexibility index (Phi) is 5.80. The predicted molar refractivity (Wildman–Crippen MR) is 71.8 cm³/mol. The van der Waals surface area contributed by atoms with Crippen LogP contribution in [-0.2, 0) is 20.3 Å². The van der Waals surface area contributed by atoms with Gasteiger partial charge in [-0.3, -0.25) is 9.00 Å². The van der Waals surface area contributed by atoms with E-state index in [9.17, 15) is 9.00 Å². The number of ether oxygens (including phenoxy) is 1. The van der Waals surface area contributed by atoms with Gasteiger partial charge in [0.25, 0.3) is 0 Å². The molecule has 1 aromatic carbocycles. The lowest BCUT2D eigenvalue weighted by Gasteiger charge is -2.07. The number of methoxy groups -OCH3 is 1. The summed E-state index contributed by atoms with van der Waals surface area (Å²) in [5.41, 5.74) is 7.23. The van der Waals surface area contributed by atoms with E-state index >= 15 is 0 Å². The second kappa shape index (κ2) is 7.13. The molecular weight excluding hydrogens is 252 g/mol. The first-order chi connectivity index (χ1) is 8.54. The van der Waals surface area contributed by atoms with Crippen LogP contribution in [0.1, 0.15) is 5.56 Å². The number of anilines is 1. The topological polar surface area (TPSA) is 81.4 Å². The van der Waals surface area contributed by atoms with E-state index in [1.54, 1.807) is 19.2 Å². The van der Waals surface area contributed by atoms with Crippen molar-refractivity contribution in [1.82, 2.24) is 5.32 Å². The molecule has 5 nitrogen and oxygen atoms in total. The van der Waals surface area contributed by atoms with Gasteiger partial charge in [-0.1, -0.05) is 6.07 Å². The number of carbonyl (C=O) groups is 1. The molecule has 0 heterocycles. The van der Waals surface area contributed by atoms with Crippen molar-refractivity contribution in [2.75, 3.05) is 31.7 Å². The average Bonchev–Trinajstić information content (AvgIpc) is 2.28. The molecule has 1 amide bonds. The molecule has 0 aromatic heterocycles. The number of benzene rings is 1. The molecule has 0 spiro atoms. The highest BCUT2D eigenvalue weighted by atomic mass is 32.2. The number of carbonyl (C=O) groups excluding carboxylic acids is 1. The number of nitrogen functional groups attached to an aromatic ring is 1. The van der Waals surface area contributed by atoms with E-state index in [-0.39, 0.29) is 11.7 Å². The molecule has 0 fully saturated rings. The zero-order chi connectivity index (χ0) is 13.5. The van der Waals surface area contributed by atoms with Gasteiger partial charge in [0, 0.05) is 19.3 Å². The van der Waals surface area contributed by atoms with Gasteiger partial charge in [0.05, 0.1) is 22.3 Å². The minimum absolute atomic E-state index is 0.0863. The zero-order valence-corrected chi connectivity index (χ0v) is 11.4. The predicted octanol–water partition coefficient (Wildman–Crippen LogP) is 0.447. The number of nitrogens with one attached hydrogen (secondary N) is 1. The fraction of sp³-hybridized carbons (Fsp3) is 0.417. The van der Waals surface area contributed by atoms with Crippen LogP contribution in [0, 0.1) is 6.92 Å². The Morgan fingerprint density at radius 3 is 2.83 bits per heavy atom. The summed E-state index contributed by atoms with van der Waals surface area (Å²) >= 11 is 0. The summed E-state index contributed by atoms with van der Waals surface area (Å²) in [5.74, 6) is -0.359. The number of nitrogens with two attached hydrogens (primary N) is 1. The summed E-state index contributed by atoms with van der Waals surface area (Å²) < 4.78 is 16.8. The number of amides is 1. The largest absolute Gasteiger partial charge is 0.398 e. The molecule has 0 saturated carbocycles. The molecule has 0 aliphatic heterocycles. The molecule has 0 aliphatic carbocycles. The van der Waals surface area contributed by atoms with Gasteiger partial charge in [-0.05, 0) is 24.6 Å². The van der Waals surface area contributed by atoms with Crippen LogP contribution in [0.15, 0.2) is 23.1 Å². The lowest BCUT2D eigenvalue weighted by Crippen LogP contribution is -2.31. The summed E-state index contributed by atoms with van der Waals surface area (Å²) in [4.78, 5) is 12.0. The fourth-order valence-corrected chi connectivity index (χ4v) is 2.45. The molecule has 18 heavy (non-hydrogen) atoms. The number of hydrogen-bond donors (Lipinski definition) is 2. The van der Waals surface area contributed by atoms with E-state index in [1.807, 2.05) is 13.0 Å². The van der Waals surface area contributed by atoms with Crippen molar-refractivity contribution < 1.29 is 13.7 Å². The molecule has 1 aromatic rings. The first kappa shape index (κ1) is 14.7. The number of hydrogen-bond acceptors (Lipinski definition) is 4. The first-order valence-corrected chi connectivity index (χ1v) is 6.86. The number of rotatable bonds is 6. The second-order valence-corrected chi connectivity index (χ2v) is 5.29. The van der Waals surface area contributed by atoms with Gasteiger partial charge >= 0.3 is 0 Å². The van der Waals surface area contributed by atoms with Gasteiger partial charge in [0.1, 0.15) is 5.75 Å². The average molecular weight is 270 g/mol. The molecule has 0 bridgehead atoms. The van der Waals surface area contributed by atoms with E-state index in [0.29, 0.717) is 23.7 Å². The molecule has 1 rings (SSSR count). The summed E-state index contributed by atoms with van der Waals surface area (Å²) in [6.07, 6.45) is 0. The van der Waals surface area contributed by atoms with E-state index in [1.165, 1.54) is 0 Å². The third-order valence-corrected chi connectivity index (χ3v) is 3.69. The molecule has 1 atom stereocenters. The smallest absolute Gasteiger partial charge is 0.233 e.